The number of nitrogens with zero attached hydrogens (tertiary/aromatic N) is 2. The van der Waals surface area contributed by atoms with Gasteiger partial charge in [0.05, 0.1) is 12.7 Å². The highest BCUT2D eigenvalue weighted by atomic mass is 32.2. The Morgan fingerprint density at radius 2 is 2.18 bits per heavy atom. The molecule has 1 heterocycles. The van der Waals surface area contributed by atoms with E-state index in [1.54, 1.807) is 30.2 Å². The van der Waals surface area contributed by atoms with Gasteiger partial charge >= 0.3 is 5.97 Å². The van der Waals surface area contributed by atoms with Gasteiger partial charge in [-0.25, -0.2) is 9.78 Å². The Bertz CT molecular complexity index is 483. The summed E-state index contributed by atoms with van der Waals surface area (Å²) in [6, 6.07) is 7.37. The third kappa shape index (κ3) is 3.28. The zero-order valence-electron chi connectivity index (χ0n) is 9.12. The highest BCUT2D eigenvalue weighted by Crippen LogP contribution is 2.23. The molecule has 2 rings (SSSR count). The molecule has 0 fully saturated rings. The summed E-state index contributed by atoms with van der Waals surface area (Å²) in [7, 11) is 1.38. The van der Waals surface area contributed by atoms with Crippen LogP contribution in [-0.2, 0) is 10.5 Å². The number of esters is 1. The van der Waals surface area contributed by atoms with Gasteiger partial charge in [0.15, 0.2) is 4.34 Å². The van der Waals surface area contributed by atoms with Crippen molar-refractivity contribution in [3.63, 3.8) is 0 Å². The summed E-state index contributed by atoms with van der Waals surface area (Å²) >= 11 is 3.01. The van der Waals surface area contributed by atoms with E-state index >= 15 is 0 Å². The minimum Gasteiger partial charge on any atom is -0.465 e. The van der Waals surface area contributed by atoms with Crippen LogP contribution in [0.4, 0.5) is 0 Å². The van der Waals surface area contributed by atoms with E-state index in [9.17, 15) is 4.79 Å². The van der Waals surface area contributed by atoms with Crippen molar-refractivity contribution in [2.75, 3.05) is 7.11 Å². The monoisotopic (exact) mass is 266 g/mol. The number of rotatable bonds is 4. The Morgan fingerprint density at radius 1 is 1.41 bits per heavy atom. The van der Waals surface area contributed by atoms with Crippen LogP contribution in [0.25, 0.3) is 0 Å². The van der Waals surface area contributed by atoms with Gasteiger partial charge in [0.2, 0.25) is 0 Å². The molecule has 0 N–H and O–H groups in total. The lowest BCUT2D eigenvalue weighted by Gasteiger charge is -2.01. The second kappa shape index (κ2) is 5.79. The molecule has 0 aliphatic carbocycles. The van der Waals surface area contributed by atoms with Crippen LogP contribution in [0.3, 0.4) is 0 Å². The Kier molecular flexibility index (Phi) is 4.11. The summed E-state index contributed by atoms with van der Waals surface area (Å²) in [5, 5.41) is 0. The summed E-state index contributed by atoms with van der Waals surface area (Å²) in [5.74, 6) is 0.504. The van der Waals surface area contributed by atoms with Crippen LogP contribution < -0.4 is 0 Å². The van der Waals surface area contributed by atoms with E-state index in [1.807, 2.05) is 12.1 Å². The molecule has 2 aromatic rings. The molecule has 4 nitrogen and oxygen atoms in total. The van der Waals surface area contributed by atoms with Crippen LogP contribution in [0.1, 0.15) is 15.9 Å². The van der Waals surface area contributed by atoms with E-state index < -0.39 is 0 Å². The van der Waals surface area contributed by atoms with E-state index in [-0.39, 0.29) is 5.97 Å². The highest BCUT2D eigenvalue weighted by molar-refractivity contribution is 8.00. The lowest BCUT2D eigenvalue weighted by molar-refractivity contribution is 0.0601. The Morgan fingerprint density at radius 3 is 2.76 bits per heavy atom. The minimum absolute atomic E-state index is 0.312. The van der Waals surface area contributed by atoms with Crippen molar-refractivity contribution >= 4 is 29.3 Å². The van der Waals surface area contributed by atoms with Crippen molar-refractivity contribution in [2.24, 2.45) is 0 Å². The largest absolute Gasteiger partial charge is 0.465 e. The smallest absolute Gasteiger partial charge is 0.337 e. The fourth-order valence-electron chi connectivity index (χ4n) is 1.23. The zero-order chi connectivity index (χ0) is 12.1. The van der Waals surface area contributed by atoms with Crippen LogP contribution in [0.2, 0.25) is 0 Å². The fraction of sp³-hybridized carbons (Fsp3) is 0.182. The molecule has 17 heavy (non-hydrogen) atoms. The predicted molar refractivity (Wildman–Crippen MR) is 67.3 cm³/mol. The van der Waals surface area contributed by atoms with Crippen molar-refractivity contribution < 1.29 is 9.53 Å². The van der Waals surface area contributed by atoms with Gasteiger partial charge in [-0.3, -0.25) is 0 Å². The topological polar surface area (TPSA) is 52.1 Å². The van der Waals surface area contributed by atoms with Gasteiger partial charge in [-0.15, -0.1) is 0 Å². The molecule has 0 saturated carbocycles. The molecule has 0 spiro atoms. The van der Waals surface area contributed by atoms with Crippen LogP contribution in [0, 0.1) is 0 Å². The quantitative estimate of drug-likeness (QED) is 0.629. The molecule has 0 atom stereocenters. The summed E-state index contributed by atoms with van der Waals surface area (Å²) in [4.78, 5) is 15.3. The maximum absolute atomic E-state index is 11.2. The Labute approximate surface area is 107 Å². The molecule has 0 bridgehead atoms. The van der Waals surface area contributed by atoms with Crippen LogP contribution in [0.15, 0.2) is 34.9 Å². The van der Waals surface area contributed by atoms with Crippen LogP contribution in [-0.4, -0.2) is 22.4 Å². The van der Waals surface area contributed by atoms with Gasteiger partial charge in [-0.2, -0.15) is 4.37 Å². The van der Waals surface area contributed by atoms with Gasteiger partial charge in [0, 0.05) is 5.75 Å². The van der Waals surface area contributed by atoms with Gasteiger partial charge < -0.3 is 4.74 Å². The second-order valence-electron chi connectivity index (χ2n) is 3.18. The summed E-state index contributed by atoms with van der Waals surface area (Å²) in [5.41, 5.74) is 1.70. The van der Waals surface area contributed by atoms with Crippen molar-refractivity contribution in [3.8, 4) is 0 Å². The minimum atomic E-state index is -0.312. The second-order valence-corrected chi connectivity index (χ2v) is 5.19. The lowest BCUT2D eigenvalue weighted by atomic mass is 10.1. The standard InChI is InChI=1S/C11H10N2O2S2/c1-15-10(14)9-4-2-8(3-5-9)6-16-11-12-7-13-17-11/h2-5,7H,6H2,1H3. The maximum atomic E-state index is 11.2. The van der Waals surface area contributed by atoms with Gasteiger partial charge in [-0.1, -0.05) is 23.9 Å². The summed E-state index contributed by atoms with van der Waals surface area (Å²) in [6.07, 6.45) is 1.55. The number of aromatic nitrogens is 2. The maximum Gasteiger partial charge on any atom is 0.337 e. The van der Waals surface area contributed by atoms with Crippen molar-refractivity contribution in [1.29, 1.82) is 0 Å². The van der Waals surface area contributed by atoms with E-state index in [0.717, 1.165) is 15.7 Å². The summed E-state index contributed by atoms with van der Waals surface area (Å²) in [6.45, 7) is 0. The molecule has 0 amide bonds. The van der Waals surface area contributed by atoms with Gasteiger partial charge in [-0.05, 0) is 29.2 Å². The molecule has 0 radical (unpaired) electrons. The molecule has 88 valence electrons. The zero-order valence-corrected chi connectivity index (χ0v) is 10.8. The lowest BCUT2D eigenvalue weighted by Crippen LogP contribution is -2.00. The molecule has 1 aromatic carbocycles. The fourth-order valence-corrected chi connectivity index (χ4v) is 2.63. The first kappa shape index (κ1) is 12.1. The van der Waals surface area contributed by atoms with E-state index in [1.165, 1.54) is 18.6 Å². The van der Waals surface area contributed by atoms with Gasteiger partial charge in [0.1, 0.15) is 6.33 Å². The van der Waals surface area contributed by atoms with Crippen molar-refractivity contribution in [1.82, 2.24) is 9.36 Å². The first-order valence-electron chi connectivity index (χ1n) is 4.86. The van der Waals surface area contributed by atoms with E-state index in [4.69, 9.17) is 0 Å². The van der Waals surface area contributed by atoms with Crippen LogP contribution in [0.5, 0.6) is 0 Å². The first-order chi connectivity index (χ1) is 8.29. The first-order valence-corrected chi connectivity index (χ1v) is 6.62. The van der Waals surface area contributed by atoms with E-state index in [2.05, 4.69) is 14.1 Å². The highest BCUT2D eigenvalue weighted by Gasteiger charge is 2.05. The molecule has 0 aliphatic rings. The van der Waals surface area contributed by atoms with Gasteiger partial charge in [0.25, 0.3) is 0 Å². The van der Waals surface area contributed by atoms with Crippen molar-refractivity contribution in [3.05, 3.63) is 41.7 Å². The number of benzene rings is 1. The molecule has 0 saturated heterocycles. The molecular formula is C11H10N2O2S2. The third-order valence-corrected chi connectivity index (χ3v) is 3.95. The summed E-state index contributed by atoms with van der Waals surface area (Å²) < 4.78 is 9.51. The normalized spacial score (nSPS) is 10.2. The molecule has 6 heteroatoms. The molecule has 1 aromatic heterocycles. The number of carbonyl (C=O) groups is 1. The molecule has 0 aliphatic heterocycles. The average Bonchev–Trinajstić information content (AvgIpc) is 2.89. The Balaban J connectivity index is 1.96. The van der Waals surface area contributed by atoms with Crippen molar-refractivity contribution in [2.45, 2.75) is 10.1 Å². The average molecular weight is 266 g/mol. The molecule has 0 unspecified atom stereocenters. The number of carbonyl (C=O) groups excluding carboxylic acids is 1. The number of ether oxygens (including phenoxy) is 1. The van der Waals surface area contributed by atoms with E-state index in [0.29, 0.717) is 5.56 Å². The number of thioether (sulfide) groups is 1. The predicted octanol–water partition coefficient (Wildman–Crippen LogP) is 2.62. The SMILES string of the molecule is COC(=O)c1ccc(CSc2ncns2)cc1. The Hall–Kier alpha value is -1.40. The van der Waals surface area contributed by atoms with Crippen LogP contribution >= 0.6 is 23.3 Å². The number of hydrogen-bond acceptors (Lipinski definition) is 6. The number of methoxy groups -OCH3 is 1. The molecular weight excluding hydrogens is 256 g/mol. The third-order valence-electron chi connectivity index (χ3n) is 2.08. The number of hydrogen-bond donors (Lipinski definition) is 0.